The molecule has 0 spiro atoms. The summed E-state index contributed by atoms with van der Waals surface area (Å²) in [4.78, 5) is 12.7. The second-order valence-electron chi connectivity index (χ2n) is 7.56. The number of carbonyl (C=O) groups is 1. The van der Waals surface area contributed by atoms with Crippen molar-refractivity contribution in [1.82, 2.24) is 5.01 Å². The molecule has 1 N–H and O–H groups in total. The van der Waals surface area contributed by atoms with Crippen molar-refractivity contribution in [3.63, 3.8) is 0 Å². The van der Waals surface area contributed by atoms with E-state index in [1.807, 2.05) is 6.92 Å². The Morgan fingerprint density at radius 3 is 2.45 bits per heavy atom. The van der Waals surface area contributed by atoms with Crippen molar-refractivity contribution in [3.05, 3.63) is 53.6 Å². The van der Waals surface area contributed by atoms with E-state index >= 15 is 0 Å². The van der Waals surface area contributed by atoms with E-state index in [4.69, 9.17) is 4.74 Å². The molecular formula is C22H25F2N3O5S. The zero-order valence-corrected chi connectivity index (χ0v) is 19.2. The molecule has 1 aliphatic rings. The van der Waals surface area contributed by atoms with Crippen LogP contribution in [0.2, 0.25) is 0 Å². The van der Waals surface area contributed by atoms with E-state index in [0.717, 1.165) is 11.8 Å². The Morgan fingerprint density at radius 1 is 1.18 bits per heavy atom. The summed E-state index contributed by atoms with van der Waals surface area (Å²) in [5, 5.41) is 5.87. The lowest BCUT2D eigenvalue weighted by Gasteiger charge is -2.29. The van der Waals surface area contributed by atoms with E-state index in [0.29, 0.717) is 23.4 Å². The summed E-state index contributed by atoms with van der Waals surface area (Å²) in [6.07, 6.45) is 1.92. The molecule has 1 heterocycles. The number of benzene rings is 2. The fourth-order valence-corrected chi connectivity index (χ4v) is 4.09. The van der Waals surface area contributed by atoms with Crippen LogP contribution in [-0.4, -0.2) is 45.0 Å². The van der Waals surface area contributed by atoms with Crippen molar-refractivity contribution in [3.8, 4) is 11.5 Å². The van der Waals surface area contributed by atoms with Gasteiger partial charge in [-0.3, -0.25) is 9.52 Å². The van der Waals surface area contributed by atoms with Gasteiger partial charge in [-0.1, -0.05) is 19.1 Å². The molecular weight excluding hydrogens is 456 g/mol. The highest BCUT2D eigenvalue weighted by Gasteiger charge is 2.30. The molecule has 0 bridgehead atoms. The lowest BCUT2D eigenvalue weighted by atomic mass is 9.89. The molecule has 3 rings (SSSR count). The summed E-state index contributed by atoms with van der Waals surface area (Å²) in [6, 6.07) is 11.2. The van der Waals surface area contributed by atoms with Gasteiger partial charge < -0.3 is 9.47 Å². The fourth-order valence-electron chi connectivity index (χ4n) is 3.52. The minimum atomic E-state index is -3.39. The zero-order valence-electron chi connectivity index (χ0n) is 18.4. The van der Waals surface area contributed by atoms with Crippen molar-refractivity contribution < 1.29 is 31.5 Å². The van der Waals surface area contributed by atoms with Crippen LogP contribution in [0.3, 0.4) is 0 Å². The standard InChI is InChI=1S/C22H25F2N3O5S/c1-4-15-12-20(28)27(13-14-5-8-17(9-6-14)26-33(3,29)30)25-21(15)16-7-10-18(31-2)19(11-16)32-22(23)24/h5-11,15,22,26H,4,12-13H2,1-3H3. The normalized spacial score (nSPS) is 16.5. The third-order valence-electron chi connectivity index (χ3n) is 5.08. The molecule has 1 amide bonds. The third-order valence-corrected chi connectivity index (χ3v) is 5.69. The molecule has 0 aromatic heterocycles. The number of anilines is 1. The second-order valence-corrected chi connectivity index (χ2v) is 9.31. The maximum absolute atomic E-state index is 12.8. The van der Waals surface area contributed by atoms with Gasteiger partial charge in [-0.15, -0.1) is 0 Å². The van der Waals surface area contributed by atoms with Crippen LogP contribution in [0, 0.1) is 5.92 Å². The predicted octanol–water partition coefficient (Wildman–Crippen LogP) is 3.83. The van der Waals surface area contributed by atoms with E-state index < -0.39 is 16.6 Å². The van der Waals surface area contributed by atoms with Gasteiger partial charge in [0.15, 0.2) is 11.5 Å². The van der Waals surface area contributed by atoms with E-state index in [1.54, 1.807) is 30.3 Å². The molecule has 178 valence electrons. The van der Waals surface area contributed by atoms with Crippen LogP contribution in [-0.2, 0) is 21.4 Å². The zero-order chi connectivity index (χ0) is 24.2. The van der Waals surface area contributed by atoms with Crippen molar-refractivity contribution in [1.29, 1.82) is 0 Å². The lowest BCUT2D eigenvalue weighted by Crippen LogP contribution is -2.36. The molecule has 33 heavy (non-hydrogen) atoms. The van der Waals surface area contributed by atoms with Crippen LogP contribution in [0.1, 0.15) is 30.9 Å². The van der Waals surface area contributed by atoms with Gasteiger partial charge in [0, 0.05) is 23.6 Å². The first kappa shape index (κ1) is 24.4. The Kier molecular flexibility index (Phi) is 7.52. The van der Waals surface area contributed by atoms with Crippen molar-refractivity contribution in [2.75, 3.05) is 18.1 Å². The molecule has 11 heteroatoms. The molecule has 0 radical (unpaired) electrons. The minimum Gasteiger partial charge on any atom is -0.493 e. The van der Waals surface area contributed by atoms with Crippen molar-refractivity contribution in [2.24, 2.45) is 11.0 Å². The molecule has 1 aliphatic heterocycles. The molecule has 0 saturated carbocycles. The average molecular weight is 482 g/mol. The topological polar surface area (TPSA) is 97.3 Å². The van der Waals surface area contributed by atoms with Crippen molar-refractivity contribution >= 4 is 27.3 Å². The molecule has 0 fully saturated rings. The average Bonchev–Trinajstić information content (AvgIpc) is 2.74. The highest BCUT2D eigenvalue weighted by molar-refractivity contribution is 7.92. The number of halogens is 2. The number of alkyl halides is 2. The SMILES string of the molecule is CCC1CC(=O)N(Cc2ccc(NS(C)(=O)=O)cc2)N=C1c1ccc(OC)c(OC(F)F)c1. The number of amides is 1. The highest BCUT2D eigenvalue weighted by atomic mass is 32.2. The second kappa shape index (κ2) is 10.2. The maximum Gasteiger partial charge on any atom is 0.387 e. The summed E-state index contributed by atoms with van der Waals surface area (Å²) in [6.45, 7) is -0.909. The van der Waals surface area contributed by atoms with Crippen LogP contribution < -0.4 is 14.2 Å². The Labute approximate surface area is 191 Å². The number of ether oxygens (including phenoxy) is 2. The van der Waals surface area contributed by atoms with Gasteiger partial charge in [0.25, 0.3) is 0 Å². The first-order chi connectivity index (χ1) is 15.6. The number of carbonyl (C=O) groups excluding carboxylic acids is 1. The van der Waals surface area contributed by atoms with E-state index in [1.165, 1.54) is 24.3 Å². The Bertz CT molecular complexity index is 1140. The molecule has 0 saturated heterocycles. The lowest BCUT2D eigenvalue weighted by molar-refractivity contribution is -0.133. The minimum absolute atomic E-state index is 0.111. The number of hydrazone groups is 1. The summed E-state index contributed by atoms with van der Waals surface area (Å²) in [7, 11) is -2.03. The number of hydrogen-bond acceptors (Lipinski definition) is 6. The summed E-state index contributed by atoms with van der Waals surface area (Å²) >= 11 is 0. The highest BCUT2D eigenvalue weighted by Crippen LogP contribution is 2.33. The third kappa shape index (κ3) is 6.41. The van der Waals surface area contributed by atoms with Crippen LogP contribution in [0.5, 0.6) is 11.5 Å². The van der Waals surface area contributed by atoms with Gasteiger partial charge in [0.1, 0.15) is 0 Å². The van der Waals surface area contributed by atoms with E-state index in [-0.39, 0.29) is 36.3 Å². The quantitative estimate of drug-likeness (QED) is 0.587. The summed E-state index contributed by atoms with van der Waals surface area (Å²) < 4.78 is 60.4. The Morgan fingerprint density at radius 2 is 1.88 bits per heavy atom. The van der Waals surface area contributed by atoms with Gasteiger partial charge in [0.2, 0.25) is 15.9 Å². The molecule has 1 unspecified atom stereocenters. The fraction of sp³-hybridized carbons (Fsp3) is 0.364. The smallest absolute Gasteiger partial charge is 0.387 e. The Balaban J connectivity index is 1.89. The first-order valence-electron chi connectivity index (χ1n) is 10.2. The van der Waals surface area contributed by atoms with Crippen LogP contribution in [0.25, 0.3) is 0 Å². The van der Waals surface area contributed by atoms with Crippen LogP contribution in [0.15, 0.2) is 47.6 Å². The van der Waals surface area contributed by atoms with Gasteiger partial charge in [-0.2, -0.15) is 13.9 Å². The first-order valence-corrected chi connectivity index (χ1v) is 12.1. The van der Waals surface area contributed by atoms with Gasteiger partial charge in [-0.05, 0) is 42.3 Å². The maximum atomic E-state index is 12.8. The van der Waals surface area contributed by atoms with Crippen LogP contribution >= 0.6 is 0 Å². The van der Waals surface area contributed by atoms with E-state index in [2.05, 4.69) is 14.6 Å². The predicted molar refractivity (Wildman–Crippen MR) is 120 cm³/mol. The Hall–Kier alpha value is -3.21. The number of nitrogens with zero attached hydrogens (tertiary/aromatic N) is 2. The van der Waals surface area contributed by atoms with Crippen molar-refractivity contribution in [2.45, 2.75) is 32.9 Å². The van der Waals surface area contributed by atoms with Gasteiger partial charge >= 0.3 is 6.61 Å². The number of nitrogens with one attached hydrogen (secondary N) is 1. The number of hydrogen-bond donors (Lipinski definition) is 1. The summed E-state index contributed by atoms with van der Waals surface area (Å²) in [5.74, 6) is -0.288. The molecule has 0 aliphatic carbocycles. The van der Waals surface area contributed by atoms with Gasteiger partial charge in [-0.25, -0.2) is 13.4 Å². The number of rotatable bonds is 9. The summed E-state index contributed by atoms with van der Waals surface area (Å²) in [5.41, 5.74) is 2.31. The molecule has 2 aromatic carbocycles. The molecule has 2 aromatic rings. The number of methoxy groups -OCH3 is 1. The number of sulfonamides is 1. The van der Waals surface area contributed by atoms with E-state index in [9.17, 15) is 22.0 Å². The monoisotopic (exact) mass is 481 g/mol. The largest absolute Gasteiger partial charge is 0.493 e. The molecule has 8 nitrogen and oxygen atoms in total. The van der Waals surface area contributed by atoms with Crippen LogP contribution in [0.4, 0.5) is 14.5 Å². The molecule has 1 atom stereocenters. The van der Waals surface area contributed by atoms with Gasteiger partial charge in [0.05, 0.1) is 25.6 Å².